The van der Waals surface area contributed by atoms with Crippen LogP contribution in [-0.2, 0) is 0 Å². The minimum atomic E-state index is 0.229. The van der Waals surface area contributed by atoms with Crippen molar-refractivity contribution in [2.75, 3.05) is 14.1 Å². The minimum absolute atomic E-state index is 0.229. The maximum atomic E-state index is 3.47. The number of hydrogen-bond donors (Lipinski definition) is 0. The molecule has 106 valence electrons. The molecule has 0 aliphatic carbocycles. The van der Waals surface area contributed by atoms with E-state index in [0.717, 1.165) is 19.3 Å². The fraction of sp³-hybridized carbons (Fsp3) is 0.812. The van der Waals surface area contributed by atoms with Crippen LogP contribution >= 0.6 is 0 Å². The van der Waals surface area contributed by atoms with Gasteiger partial charge in [0.05, 0.1) is 5.70 Å². The average molecular weight is 252 g/mol. The van der Waals surface area contributed by atoms with E-state index in [4.69, 9.17) is 0 Å². The van der Waals surface area contributed by atoms with Crippen molar-refractivity contribution in [1.29, 1.82) is 0 Å². The van der Waals surface area contributed by atoms with Gasteiger partial charge in [-0.3, -0.25) is 0 Å². The van der Waals surface area contributed by atoms with E-state index in [1.54, 1.807) is 0 Å². The molecule has 0 rings (SSSR count). The number of rotatable bonds is 7. The van der Waals surface area contributed by atoms with E-state index in [-0.39, 0.29) is 5.54 Å². The summed E-state index contributed by atoms with van der Waals surface area (Å²) in [5.41, 5.74) is 4.94. The Morgan fingerprint density at radius 3 is 1.94 bits per heavy atom. The normalized spacial score (nSPS) is 11.2. The van der Waals surface area contributed by atoms with E-state index < -0.39 is 0 Å². The van der Waals surface area contributed by atoms with Gasteiger partial charge in [-0.05, 0) is 40.0 Å². The minimum Gasteiger partial charge on any atom is -0.375 e. The Hall–Kier alpha value is -0.880. The van der Waals surface area contributed by atoms with Crippen molar-refractivity contribution in [3.63, 3.8) is 0 Å². The zero-order valence-electron chi connectivity index (χ0n) is 13.7. The van der Waals surface area contributed by atoms with E-state index in [1.807, 2.05) is 0 Å². The van der Waals surface area contributed by atoms with Crippen LogP contribution in [0.4, 0.5) is 0 Å². The molecule has 2 nitrogen and oxygen atoms in total. The van der Waals surface area contributed by atoms with Gasteiger partial charge in [0, 0.05) is 31.9 Å². The van der Waals surface area contributed by atoms with Gasteiger partial charge >= 0.3 is 0 Å². The third-order valence-corrected chi connectivity index (χ3v) is 3.95. The van der Waals surface area contributed by atoms with Gasteiger partial charge < -0.3 is 9.80 Å². The van der Waals surface area contributed by atoms with Gasteiger partial charge in [-0.25, -0.2) is 0 Å². The molecule has 0 atom stereocenters. The predicted molar refractivity (Wildman–Crippen MR) is 81.5 cm³/mol. The monoisotopic (exact) mass is 252 g/mol. The van der Waals surface area contributed by atoms with Gasteiger partial charge in [-0.2, -0.15) is 0 Å². The smallest absolute Gasteiger partial charge is 0.0571 e. The van der Waals surface area contributed by atoms with E-state index >= 15 is 0 Å². The molecule has 0 saturated carbocycles. The van der Waals surface area contributed by atoms with Crippen LogP contribution in [0.2, 0.25) is 0 Å². The second-order valence-corrected chi connectivity index (χ2v) is 5.67. The summed E-state index contributed by atoms with van der Waals surface area (Å²) >= 11 is 0. The Balaban J connectivity index is 5.34. The van der Waals surface area contributed by atoms with Crippen molar-refractivity contribution in [3.8, 4) is 0 Å². The molecule has 0 fully saturated rings. The molecular formula is C16H32N2. The van der Waals surface area contributed by atoms with Gasteiger partial charge in [0.2, 0.25) is 0 Å². The Bertz CT molecular complexity index is 292. The summed E-state index contributed by atoms with van der Waals surface area (Å²) in [6, 6.07) is 0.502. The molecule has 0 aromatic rings. The number of allylic oxidation sites excluding steroid dienone is 1. The van der Waals surface area contributed by atoms with Crippen LogP contribution in [0.5, 0.6) is 0 Å². The molecule has 0 spiro atoms. The Morgan fingerprint density at radius 2 is 1.67 bits per heavy atom. The lowest BCUT2D eigenvalue weighted by Crippen LogP contribution is -2.45. The van der Waals surface area contributed by atoms with Crippen molar-refractivity contribution in [2.24, 2.45) is 0 Å². The maximum absolute atomic E-state index is 3.47. The highest BCUT2D eigenvalue weighted by atomic mass is 15.2. The second kappa shape index (κ2) is 7.53. The zero-order chi connectivity index (χ0) is 14.3. The van der Waals surface area contributed by atoms with E-state index in [1.165, 1.54) is 5.70 Å². The highest BCUT2D eigenvalue weighted by Gasteiger charge is 2.27. The lowest BCUT2D eigenvalue weighted by Gasteiger charge is -2.42. The molecule has 0 aliphatic heterocycles. The summed E-state index contributed by atoms with van der Waals surface area (Å²) in [5.74, 6) is 0. The zero-order valence-corrected chi connectivity index (χ0v) is 13.7. The molecule has 2 heteroatoms. The van der Waals surface area contributed by atoms with Crippen LogP contribution < -0.4 is 0 Å². The van der Waals surface area contributed by atoms with Gasteiger partial charge in [0.25, 0.3) is 0 Å². The van der Waals surface area contributed by atoms with Crippen LogP contribution in [0, 0.1) is 0 Å². The SMILES string of the molecule is CCC(=C=CN(C(C)C)C(C)(CC)CC)N(C)C. The van der Waals surface area contributed by atoms with Crippen LogP contribution in [0.15, 0.2) is 17.6 Å². The first kappa shape index (κ1) is 17.1. The quantitative estimate of drug-likeness (QED) is 0.625. The summed E-state index contributed by atoms with van der Waals surface area (Å²) in [4.78, 5) is 4.59. The third kappa shape index (κ3) is 4.42. The Kier molecular flexibility index (Phi) is 7.16. The number of hydrogen-bond acceptors (Lipinski definition) is 2. The molecule has 0 bridgehead atoms. The first-order valence-electron chi connectivity index (χ1n) is 7.23. The molecule has 18 heavy (non-hydrogen) atoms. The Morgan fingerprint density at radius 1 is 1.17 bits per heavy atom. The fourth-order valence-electron chi connectivity index (χ4n) is 2.23. The van der Waals surface area contributed by atoms with E-state index in [2.05, 4.69) is 77.4 Å². The molecule has 0 amide bonds. The molecule has 0 radical (unpaired) electrons. The first-order valence-corrected chi connectivity index (χ1v) is 7.23. The van der Waals surface area contributed by atoms with Crippen molar-refractivity contribution in [1.82, 2.24) is 9.80 Å². The summed E-state index contributed by atoms with van der Waals surface area (Å²) < 4.78 is 0. The molecule has 0 heterocycles. The molecule has 0 aliphatic rings. The van der Waals surface area contributed by atoms with E-state index in [9.17, 15) is 0 Å². The van der Waals surface area contributed by atoms with Gasteiger partial charge in [0.1, 0.15) is 0 Å². The highest BCUT2D eigenvalue weighted by Crippen LogP contribution is 2.26. The molecular weight excluding hydrogens is 220 g/mol. The predicted octanol–water partition coefficient (Wildman–Crippen LogP) is 4.24. The van der Waals surface area contributed by atoms with Crippen molar-refractivity contribution < 1.29 is 0 Å². The van der Waals surface area contributed by atoms with Crippen LogP contribution in [0.1, 0.15) is 60.8 Å². The largest absolute Gasteiger partial charge is 0.375 e. The van der Waals surface area contributed by atoms with Crippen LogP contribution in [0.3, 0.4) is 0 Å². The summed E-state index contributed by atoms with van der Waals surface area (Å²) in [6.07, 6.45) is 5.49. The van der Waals surface area contributed by atoms with Gasteiger partial charge in [-0.1, -0.05) is 26.5 Å². The molecule has 0 aromatic heterocycles. The van der Waals surface area contributed by atoms with Crippen molar-refractivity contribution in [2.45, 2.75) is 72.4 Å². The standard InChI is InChI=1S/C16H32N2/c1-9-15(17(7)8)12-13-18(14(4)5)16(6,10-2)11-3/h13-14H,9-11H2,1-8H3. The molecule has 0 aromatic carbocycles. The van der Waals surface area contributed by atoms with Crippen LogP contribution in [-0.4, -0.2) is 35.5 Å². The first-order chi connectivity index (χ1) is 8.32. The Labute approximate surface area is 114 Å². The van der Waals surface area contributed by atoms with Gasteiger partial charge in [0.15, 0.2) is 0 Å². The maximum Gasteiger partial charge on any atom is 0.0571 e. The lowest BCUT2D eigenvalue weighted by molar-refractivity contribution is 0.119. The summed E-state index contributed by atoms with van der Waals surface area (Å²) in [5, 5.41) is 0. The number of nitrogens with zero attached hydrogens (tertiary/aromatic N) is 2. The summed E-state index contributed by atoms with van der Waals surface area (Å²) in [7, 11) is 4.16. The molecule has 0 unspecified atom stereocenters. The van der Waals surface area contributed by atoms with Crippen LogP contribution in [0.25, 0.3) is 0 Å². The highest BCUT2D eigenvalue weighted by molar-refractivity contribution is 5.02. The molecule has 0 saturated heterocycles. The van der Waals surface area contributed by atoms with Gasteiger partial charge in [-0.15, -0.1) is 0 Å². The second-order valence-electron chi connectivity index (χ2n) is 5.67. The molecule has 0 N–H and O–H groups in total. The fourth-order valence-corrected chi connectivity index (χ4v) is 2.23. The van der Waals surface area contributed by atoms with Crippen molar-refractivity contribution in [3.05, 3.63) is 17.6 Å². The topological polar surface area (TPSA) is 6.48 Å². The summed E-state index contributed by atoms with van der Waals surface area (Å²) in [6.45, 7) is 13.6. The lowest BCUT2D eigenvalue weighted by atomic mass is 9.92. The third-order valence-electron chi connectivity index (χ3n) is 3.95. The van der Waals surface area contributed by atoms with E-state index in [0.29, 0.717) is 6.04 Å². The average Bonchev–Trinajstić information content (AvgIpc) is 2.32. The van der Waals surface area contributed by atoms with Crippen molar-refractivity contribution >= 4 is 0 Å².